The Kier molecular flexibility index (Phi) is 3.65. The van der Waals surface area contributed by atoms with E-state index in [9.17, 15) is 4.79 Å². The molecule has 8 heteroatoms. The number of nitrogens with zero attached hydrogens (tertiary/aromatic N) is 3. The fraction of sp³-hybridized carbons (Fsp3) is 0.154. The van der Waals surface area contributed by atoms with E-state index >= 15 is 0 Å². The van der Waals surface area contributed by atoms with Crippen molar-refractivity contribution < 1.29 is 9.53 Å². The minimum atomic E-state index is -0.553. The molecule has 0 atom stereocenters. The van der Waals surface area contributed by atoms with Gasteiger partial charge >= 0.3 is 5.97 Å². The number of carbonyl (C=O) groups excluding carboxylic acids is 1. The summed E-state index contributed by atoms with van der Waals surface area (Å²) in [6.45, 7) is 1.96. The van der Waals surface area contributed by atoms with Crippen molar-refractivity contribution in [3.8, 4) is 0 Å². The van der Waals surface area contributed by atoms with E-state index in [1.54, 1.807) is 23.5 Å². The summed E-state index contributed by atoms with van der Waals surface area (Å²) in [5, 5.41) is 0.889. The van der Waals surface area contributed by atoms with E-state index in [1.807, 2.05) is 0 Å². The zero-order chi connectivity index (χ0) is 15.1. The number of hydrogen-bond acceptors (Lipinski definition) is 4. The normalized spacial score (nSPS) is 11.2. The number of carbonyl (C=O) groups is 1. The molecule has 0 fully saturated rings. The SMILES string of the molecule is CCOC(=O)c1ncn2c1c(Cl)nc1cc(Cl)c(Cl)cc12. The molecule has 0 aliphatic rings. The van der Waals surface area contributed by atoms with Crippen LogP contribution in [-0.4, -0.2) is 26.9 Å². The molecule has 0 N–H and O–H groups in total. The summed E-state index contributed by atoms with van der Waals surface area (Å²) in [5.41, 5.74) is 1.69. The molecule has 0 amide bonds. The highest BCUT2D eigenvalue weighted by Gasteiger charge is 2.20. The maximum atomic E-state index is 11.9. The van der Waals surface area contributed by atoms with Crippen LogP contribution in [0.4, 0.5) is 0 Å². The minimum Gasteiger partial charge on any atom is -0.461 e. The number of benzene rings is 1. The molecule has 0 saturated carbocycles. The zero-order valence-corrected chi connectivity index (χ0v) is 13.0. The summed E-state index contributed by atoms with van der Waals surface area (Å²) in [6.07, 6.45) is 1.47. The lowest BCUT2D eigenvalue weighted by Crippen LogP contribution is -2.06. The molecule has 2 heterocycles. The fourth-order valence-electron chi connectivity index (χ4n) is 2.04. The summed E-state index contributed by atoms with van der Waals surface area (Å²) in [4.78, 5) is 20.2. The molecule has 0 spiro atoms. The van der Waals surface area contributed by atoms with Gasteiger partial charge in [0.15, 0.2) is 10.8 Å². The van der Waals surface area contributed by atoms with E-state index in [1.165, 1.54) is 6.33 Å². The van der Waals surface area contributed by atoms with E-state index in [2.05, 4.69) is 9.97 Å². The predicted octanol–water partition coefficient (Wildman–Crippen LogP) is 4.02. The zero-order valence-electron chi connectivity index (χ0n) is 10.7. The van der Waals surface area contributed by atoms with Gasteiger partial charge in [0.1, 0.15) is 11.8 Å². The lowest BCUT2D eigenvalue weighted by molar-refractivity contribution is 0.0522. The van der Waals surface area contributed by atoms with Gasteiger partial charge in [-0.05, 0) is 19.1 Å². The summed E-state index contributed by atoms with van der Waals surface area (Å²) in [5.74, 6) is -0.553. The van der Waals surface area contributed by atoms with Crippen LogP contribution < -0.4 is 0 Å². The van der Waals surface area contributed by atoms with Crippen LogP contribution in [0.1, 0.15) is 17.4 Å². The highest BCUT2D eigenvalue weighted by Crippen LogP contribution is 2.30. The Morgan fingerprint density at radius 1 is 1.29 bits per heavy atom. The van der Waals surface area contributed by atoms with Crippen LogP contribution in [0.25, 0.3) is 16.6 Å². The van der Waals surface area contributed by atoms with Gasteiger partial charge in [0.2, 0.25) is 0 Å². The summed E-state index contributed by atoms with van der Waals surface area (Å²) >= 11 is 18.2. The summed E-state index contributed by atoms with van der Waals surface area (Å²) in [7, 11) is 0. The Morgan fingerprint density at radius 3 is 2.71 bits per heavy atom. The van der Waals surface area contributed by atoms with Crippen molar-refractivity contribution in [2.24, 2.45) is 0 Å². The quantitative estimate of drug-likeness (QED) is 0.659. The average molecular weight is 345 g/mol. The minimum absolute atomic E-state index is 0.113. The number of ether oxygens (including phenoxy) is 1. The molecule has 3 aromatic rings. The van der Waals surface area contributed by atoms with Gasteiger partial charge in [-0.3, -0.25) is 4.40 Å². The topological polar surface area (TPSA) is 56.5 Å². The highest BCUT2D eigenvalue weighted by molar-refractivity contribution is 6.42. The third-order valence-corrected chi connectivity index (χ3v) is 3.91. The number of hydrogen-bond donors (Lipinski definition) is 0. The van der Waals surface area contributed by atoms with Crippen molar-refractivity contribution in [3.63, 3.8) is 0 Å². The number of halogens is 3. The largest absolute Gasteiger partial charge is 0.461 e. The third-order valence-electron chi connectivity index (χ3n) is 2.93. The van der Waals surface area contributed by atoms with Crippen LogP contribution in [0.2, 0.25) is 15.2 Å². The molecule has 5 nitrogen and oxygen atoms in total. The van der Waals surface area contributed by atoms with Crippen molar-refractivity contribution in [3.05, 3.63) is 39.4 Å². The molecule has 1 aromatic carbocycles. The van der Waals surface area contributed by atoms with Crippen molar-refractivity contribution in [1.82, 2.24) is 14.4 Å². The van der Waals surface area contributed by atoms with Gasteiger partial charge in [-0.2, -0.15) is 0 Å². The summed E-state index contributed by atoms with van der Waals surface area (Å²) < 4.78 is 6.59. The van der Waals surface area contributed by atoms with Crippen molar-refractivity contribution in [1.29, 1.82) is 0 Å². The van der Waals surface area contributed by atoms with Gasteiger partial charge < -0.3 is 4.74 Å². The predicted molar refractivity (Wildman–Crippen MR) is 81.5 cm³/mol. The smallest absolute Gasteiger partial charge is 0.359 e. The van der Waals surface area contributed by atoms with Gasteiger partial charge in [-0.25, -0.2) is 14.8 Å². The van der Waals surface area contributed by atoms with E-state index < -0.39 is 5.97 Å². The van der Waals surface area contributed by atoms with E-state index in [0.29, 0.717) is 26.6 Å². The van der Waals surface area contributed by atoms with Gasteiger partial charge in [0, 0.05) is 0 Å². The molecule has 0 bridgehead atoms. The maximum absolute atomic E-state index is 11.9. The number of fused-ring (bicyclic) bond motifs is 3. The van der Waals surface area contributed by atoms with E-state index in [4.69, 9.17) is 39.5 Å². The lowest BCUT2D eigenvalue weighted by atomic mass is 10.3. The Hall–Kier alpha value is -1.56. The van der Waals surface area contributed by atoms with Crippen LogP contribution in [0, 0.1) is 0 Å². The van der Waals surface area contributed by atoms with Crippen molar-refractivity contribution >= 4 is 57.3 Å². The molecule has 0 unspecified atom stereocenters. The van der Waals surface area contributed by atoms with Crippen LogP contribution >= 0.6 is 34.8 Å². The molecular formula is C13H8Cl3N3O2. The first-order chi connectivity index (χ1) is 10.0. The first kappa shape index (κ1) is 14.4. The van der Waals surface area contributed by atoms with E-state index in [-0.39, 0.29) is 17.5 Å². The first-order valence-electron chi connectivity index (χ1n) is 6.01. The second-order valence-electron chi connectivity index (χ2n) is 4.19. The number of esters is 1. The molecule has 108 valence electrons. The second-order valence-corrected chi connectivity index (χ2v) is 5.36. The standard InChI is InChI=1S/C13H8Cl3N3O2/c1-2-21-13(20)10-11-12(16)18-8-3-6(14)7(15)4-9(8)19(11)5-17-10/h3-5H,2H2,1H3. The van der Waals surface area contributed by atoms with Crippen molar-refractivity contribution in [2.75, 3.05) is 6.61 Å². The summed E-state index contributed by atoms with van der Waals surface area (Å²) in [6, 6.07) is 3.25. The molecular weight excluding hydrogens is 337 g/mol. The second kappa shape index (κ2) is 5.33. The number of imidazole rings is 1. The molecule has 0 saturated heterocycles. The lowest BCUT2D eigenvalue weighted by Gasteiger charge is -2.06. The van der Waals surface area contributed by atoms with E-state index in [0.717, 1.165) is 0 Å². The highest BCUT2D eigenvalue weighted by atomic mass is 35.5. The monoisotopic (exact) mass is 343 g/mol. The van der Waals surface area contributed by atoms with Crippen LogP contribution in [0.3, 0.4) is 0 Å². The molecule has 21 heavy (non-hydrogen) atoms. The van der Waals surface area contributed by atoms with Crippen molar-refractivity contribution in [2.45, 2.75) is 6.92 Å². The van der Waals surface area contributed by atoms with Gasteiger partial charge in [-0.1, -0.05) is 34.8 Å². The van der Waals surface area contributed by atoms with Gasteiger partial charge in [0.05, 0.1) is 27.7 Å². The Morgan fingerprint density at radius 2 is 2.00 bits per heavy atom. The average Bonchev–Trinajstić information content (AvgIpc) is 2.87. The van der Waals surface area contributed by atoms with Crippen LogP contribution in [-0.2, 0) is 4.74 Å². The third kappa shape index (κ3) is 2.31. The Labute approximate surface area is 134 Å². The van der Waals surface area contributed by atoms with Crippen LogP contribution in [0.5, 0.6) is 0 Å². The molecule has 0 aliphatic heterocycles. The fourth-order valence-corrected chi connectivity index (χ4v) is 2.63. The number of aromatic nitrogens is 3. The van der Waals surface area contributed by atoms with Gasteiger partial charge in [0.25, 0.3) is 0 Å². The Bertz CT molecular complexity index is 876. The molecule has 0 radical (unpaired) electrons. The van der Waals surface area contributed by atoms with Crippen LogP contribution in [0.15, 0.2) is 18.5 Å². The Balaban J connectivity index is 2.36. The molecule has 0 aliphatic carbocycles. The maximum Gasteiger partial charge on any atom is 0.359 e. The van der Waals surface area contributed by atoms with Gasteiger partial charge in [-0.15, -0.1) is 0 Å². The molecule has 2 aromatic heterocycles. The first-order valence-corrected chi connectivity index (χ1v) is 7.14. The molecule has 3 rings (SSSR count). The number of rotatable bonds is 2.